The van der Waals surface area contributed by atoms with Crippen LogP contribution in [0.15, 0.2) is 62.7 Å². The van der Waals surface area contributed by atoms with Crippen LogP contribution in [0.2, 0.25) is 0 Å². The van der Waals surface area contributed by atoms with Gasteiger partial charge in [0.2, 0.25) is 15.9 Å². The molecule has 0 atom stereocenters. The van der Waals surface area contributed by atoms with E-state index in [9.17, 15) is 21.6 Å². The van der Waals surface area contributed by atoms with E-state index in [0.29, 0.717) is 0 Å². The number of sulfonamides is 1. The normalized spacial score (nSPS) is 14.4. The monoisotopic (exact) mass is 518 g/mol. The molecule has 35 heavy (non-hydrogen) atoms. The topological polar surface area (TPSA) is 140 Å². The minimum Gasteiger partial charge on any atom is -0.407 e. The van der Waals surface area contributed by atoms with E-state index < -0.39 is 31.0 Å². The lowest BCUT2D eigenvalue weighted by Gasteiger charge is -2.16. The Bertz CT molecular complexity index is 1430. The molecule has 0 saturated heterocycles. The molecule has 1 N–H and O–H groups in total. The van der Waals surface area contributed by atoms with Crippen molar-refractivity contribution in [3.8, 4) is 0 Å². The van der Waals surface area contributed by atoms with Crippen LogP contribution in [0.1, 0.15) is 48.5 Å². The van der Waals surface area contributed by atoms with Crippen LogP contribution in [0.4, 0.5) is 6.01 Å². The summed E-state index contributed by atoms with van der Waals surface area (Å²) in [7, 11) is -5.39. The molecule has 0 unspecified atom stereocenters. The van der Waals surface area contributed by atoms with Gasteiger partial charge in [0.25, 0.3) is 5.91 Å². The van der Waals surface area contributed by atoms with Crippen molar-refractivity contribution in [1.82, 2.24) is 14.5 Å². The second-order valence-corrected chi connectivity index (χ2v) is 13.1. The van der Waals surface area contributed by atoms with Crippen LogP contribution in [0.25, 0.3) is 0 Å². The minimum atomic E-state index is -3.59. The molecule has 186 valence electrons. The number of hydrogen-bond acceptors (Lipinski definition) is 8. The van der Waals surface area contributed by atoms with Crippen molar-refractivity contribution in [1.29, 1.82) is 0 Å². The van der Waals surface area contributed by atoms with Crippen LogP contribution < -0.4 is 5.32 Å². The maximum atomic E-state index is 12.6. The van der Waals surface area contributed by atoms with Gasteiger partial charge in [-0.2, -0.15) is 4.31 Å². The van der Waals surface area contributed by atoms with E-state index in [0.717, 1.165) is 18.4 Å². The van der Waals surface area contributed by atoms with E-state index >= 15 is 0 Å². The largest absolute Gasteiger partial charge is 0.407 e. The molecule has 0 aliphatic heterocycles. The molecule has 1 amide bonds. The minimum absolute atomic E-state index is 0.0423. The highest BCUT2D eigenvalue weighted by atomic mass is 32.2. The molecule has 4 rings (SSSR count). The highest BCUT2D eigenvalue weighted by molar-refractivity contribution is 7.92. The SMILES string of the molecule is CC(C)S(=O)(=O)c1ccc(Cc2nnc(NC(=O)c3ccc(S(=O)(=O)N(C)C4CC4)cc3)o2)cc1. The van der Waals surface area contributed by atoms with E-state index in [1.54, 1.807) is 33.0 Å². The van der Waals surface area contributed by atoms with Crippen molar-refractivity contribution in [3.63, 3.8) is 0 Å². The summed E-state index contributed by atoms with van der Waals surface area (Å²) in [4.78, 5) is 12.9. The molecule has 1 saturated carbocycles. The highest BCUT2D eigenvalue weighted by Crippen LogP contribution is 2.30. The molecule has 1 aliphatic carbocycles. The van der Waals surface area contributed by atoms with E-state index in [1.165, 1.54) is 40.7 Å². The lowest BCUT2D eigenvalue weighted by atomic mass is 10.1. The number of sulfone groups is 1. The van der Waals surface area contributed by atoms with Crippen molar-refractivity contribution in [3.05, 3.63) is 65.5 Å². The van der Waals surface area contributed by atoms with Gasteiger partial charge in [0, 0.05) is 18.7 Å². The molecule has 0 radical (unpaired) electrons. The third-order valence-electron chi connectivity index (χ3n) is 5.77. The Kier molecular flexibility index (Phi) is 6.80. The second-order valence-electron chi connectivity index (χ2n) is 8.65. The zero-order valence-electron chi connectivity index (χ0n) is 19.5. The molecular formula is C23H26N4O6S2. The third kappa shape index (κ3) is 5.44. The van der Waals surface area contributed by atoms with Gasteiger partial charge in [0.1, 0.15) is 0 Å². The van der Waals surface area contributed by atoms with Gasteiger partial charge in [-0.15, -0.1) is 5.10 Å². The van der Waals surface area contributed by atoms with Gasteiger partial charge in [-0.25, -0.2) is 16.8 Å². The number of hydrogen-bond donors (Lipinski definition) is 1. The van der Waals surface area contributed by atoms with Gasteiger partial charge in [0.15, 0.2) is 9.84 Å². The molecule has 12 heteroatoms. The first-order valence-electron chi connectivity index (χ1n) is 11.0. The van der Waals surface area contributed by atoms with Gasteiger partial charge in [-0.3, -0.25) is 10.1 Å². The Morgan fingerprint density at radius 1 is 1.00 bits per heavy atom. The number of carbonyl (C=O) groups excluding carboxylic acids is 1. The molecular weight excluding hydrogens is 492 g/mol. The maximum Gasteiger partial charge on any atom is 0.322 e. The number of nitrogens with one attached hydrogen (secondary N) is 1. The van der Waals surface area contributed by atoms with Crippen molar-refractivity contribution < 1.29 is 26.0 Å². The number of benzene rings is 2. The number of rotatable bonds is 9. The Morgan fingerprint density at radius 3 is 2.17 bits per heavy atom. The van der Waals surface area contributed by atoms with Crippen LogP contribution in [-0.2, 0) is 26.3 Å². The molecule has 1 aromatic heterocycles. The van der Waals surface area contributed by atoms with Gasteiger partial charge >= 0.3 is 6.01 Å². The first kappa shape index (κ1) is 25.0. The van der Waals surface area contributed by atoms with Crippen LogP contribution in [0.5, 0.6) is 0 Å². The molecule has 2 aromatic carbocycles. The summed E-state index contributed by atoms with van der Waals surface area (Å²) in [6, 6.07) is 12.0. The Labute approximate surface area is 204 Å². The number of aromatic nitrogens is 2. The molecule has 1 heterocycles. The first-order chi connectivity index (χ1) is 16.5. The number of anilines is 1. The van der Waals surface area contributed by atoms with Crippen LogP contribution in [0.3, 0.4) is 0 Å². The Hall–Kier alpha value is -3.09. The first-order valence-corrected chi connectivity index (χ1v) is 14.0. The molecule has 0 bridgehead atoms. The molecule has 1 fully saturated rings. The summed E-state index contributed by atoms with van der Waals surface area (Å²) in [5.74, 6) is -0.285. The van der Waals surface area contributed by atoms with Gasteiger partial charge in [-0.1, -0.05) is 17.2 Å². The Balaban J connectivity index is 1.38. The zero-order valence-corrected chi connectivity index (χ0v) is 21.1. The van der Waals surface area contributed by atoms with Gasteiger partial charge in [0.05, 0.1) is 21.5 Å². The van der Waals surface area contributed by atoms with Crippen LogP contribution >= 0.6 is 0 Å². The molecule has 3 aromatic rings. The smallest absolute Gasteiger partial charge is 0.322 e. The van der Waals surface area contributed by atoms with E-state index in [-0.39, 0.29) is 39.7 Å². The Morgan fingerprint density at radius 2 is 1.60 bits per heavy atom. The van der Waals surface area contributed by atoms with Crippen molar-refractivity contribution in [2.75, 3.05) is 12.4 Å². The number of nitrogens with zero attached hydrogens (tertiary/aromatic N) is 3. The quantitative estimate of drug-likeness (QED) is 0.456. The zero-order chi connectivity index (χ0) is 25.4. The predicted octanol–water partition coefficient (Wildman–Crippen LogP) is 2.88. The summed E-state index contributed by atoms with van der Waals surface area (Å²) in [6.07, 6.45) is 1.97. The number of amides is 1. The average Bonchev–Trinajstić information content (AvgIpc) is 3.59. The van der Waals surface area contributed by atoms with Crippen LogP contribution in [-0.4, -0.2) is 55.6 Å². The average molecular weight is 519 g/mol. The lowest BCUT2D eigenvalue weighted by molar-refractivity contribution is 0.102. The lowest BCUT2D eigenvalue weighted by Crippen LogP contribution is -2.29. The predicted molar refractivity (Wildman–Crippen MR) is 128 cm³/mol. The maximum absolute atomic E-state index is 12.6. The van der Waals surface area contributed by atoms with E-state index in [1.807, 2.05) is 0 Å². The number of carbonyl (C=O) groups is 1. The summed E-state index contributed by atoms with van der Waals surface area (Å²) in [6.45, 7) is 3.25. The highest BCUT2D eigenvalue weighted by Gasteiger charge is 2.35. The standard InChI is InChI=1S/C23H26N4O6S2/c1-15(2)34(29,30)19-10-4-16(5-11-19)14-21-25-26-23(33-21)24-22(28)17-6-12-20(13-7-17)35(31,32)27(3)18-8-9-18/h4-7,10-13,15,18H,8-9,14H2,1-3H3,(H,24,26,28). The van der Waals surface area contributed by atoms with E-state index in [2.05, 4.69) is 15.5 Å². The summed E-state index contributed by atoms with van der Waals surface area (Å²) in [5, 5.41) is 9.71. The molecule has 0 spiro atoms. The van der Waals surface area contributed by atoms with Crippen LogP contribution in [0, 0.1) is 0 Å². The van der Waals surface area contributed by atoms with Crippen molar-refractivity contribution in [2.24, 2.45) is 0 Å². The summed E-state index contributed by atoms with van der Waals surface area (Å²) >= 11 is 0. The van der Waals surface area contributed by atoms with Crippen molar-refractivity contribution >= 4 is 31.8 Å². The summed E-state index contributed by atoms with van der Waals surface area (Å²) < 4.78 is 56.5. The third-order valence-corrected chi connectivity index (χ3v) is 9.86. The summed E-state index contributed by atoms with van der Waals surface area (Å²) in [5.41, 5.74) is 1.00. The fourth-order valence-corrected chi connectivity index (χ4v) is 5.84. The molecule has 1 aliphatic rings. The fourth-order valence-electron chi connectivity index (χ4n) is 3.37. The van der Waals surface area contributed by atoms with Gasteiger partial charge < -0.3 is 4.42 Å². The molecule has 10 nitrogen and oxygen atoms in total. The van der Waals surface area contributed by atoms with Gasteiger partial charge in [-0.05, 0) is 68.7 Å². The second kappa shape index (κ2) is 9.51. The van der Waals surface area contributed by atoms with Crippen molar-refractivity contribution in [2.45, 2.75) is 54.2 Å². The van der Waals surface area contributed by atoms with E-state index in [4.69, 9.17) is 4.42 Å². The fraction of sp³-hybridized carbons (Fsp3) is 0.348.